The number of Topliss-reactive ketones (excluding diaryl/α,β-unsaturated/α-hetero) is 1. The van der Waals surface area contributed by atoms with Gasteiger partial charge in [0.1, 0.15) is 0 Å². The maximum Gasteiger partial charge on any atom is 0.338 e. The third kappa shape index (κ3) is 3.35. The van der Waals surface area contributed by atoms with Gasteiger partial charge in [0, 0.05) is 10.6 Å². The van der Waals surface area contributed by atoms with Crippen LogP contribution in [0.1, 0.15) is 40.0 Å². The van der Waals surface area contributed by atoms with Gasteiger partial charge in [-0.25, -0.2) is 4.79 Å². The van der Waals surface area contributed by atoms with Crippen LogP contribution in [0, 0.1) is 23.7 Å². The summed E-state index contributed by atoms with van der Waals surface area (Å²) in [5.41, 5.74) is 1.11. The van der Waals surface area contributed by atoms with Gasteiger partial charge in [-0.2, -0.15) is 0 Å². The number of halogens is 1. The van der Waals surface area contributed by atoms with E-state index in [0.29, 0.717) is 28.1 Å². The highest BCUT2D eigenvalue weighted by molar-refractivity contribution is 6.30. The molecule has 0 N–H and O–H groups in total. The van der Waals surface area contributed by atoms with Crippen molar-refractivity contribution >= 4 is 40.9 Å². The largest absolute Gasteiger partial charge is 0.454 e. The maximum atomic E-state index is 12.9. The first-order chi connectivity index (χ1) is 14.9. The second-order valence-corrected chi connectivity index (χ2v) is 8.89. The zero-order valence-corrected chi connectivity index (χ0v) is 17.4. The Morgan fingerprint density at radius 2 is 1.42 bits per heavy atom. The Labute approximate surface area is 184 Å². The van der Waals surface area contributed by atoms with Gasteiger partial charge in [0.15, 0.2) is 12.4 Å². The standard InChI is InChI=1S/C24H20ClNO5/c25-17-7-3-13(4-8-17)19(27)12-31-24(30)14-5-9-18(10-6-14)26-22(28)20-15-1-2-16(11-15)21(20)23(26)29/h3-10,15-16,20-21H,1-2,11-12H2/t15-,16+,20-,21-/m0/s1. The topological polar surface area (TPSA) is 80.8 Å². The van der Waals surface area contributed by atoms with Crippen molar-refractivity contribution in [2.45, 2.75) is 19.3 Å². The fraction of sp³-hybridized carbons (Fsp3) is 0.333. The first-order valence-corrected chi connectivity index (χ1v) is 10.8. The molecule has 2 saturated carbocycles. The van der Waals surface area contributed by atoms with Gasteiger partial charge in [-0.15, -0.1) is 0 Å². The highest BCUT2D eigenvalue weighted by Gasteiger charge is 2.61. The molecule has 1 saturated heterocycles. The summed E-state index contributed by atoms with van der Waals surface area (Å²) >= 11 is 5.80. The zero-order chi connectivity index (χ0) is 21.7. The predicted octanol–water partition coefficient (Wildman–Crippen LogP) is 3.92. The molecule has 0 spiro atoms. The van der Waals surface area contributed by atoms with Crippen LogP contribution in [-0.4, -0.2) is 30.2 Å². The van der Waals surface area contributed by atoms with Gasteiger partial charge in [-0.05, 0) is 79.6 Å². The molecular weight excluding hydrogens is 418 g/mol. The lowest BCUT2D eigenvalue weighted by Gasteiger charge is -2.19. The van der Waals surface area contributed by atoms with Gasteiger partial charge in [0.2, 0.25) is 11.8 Å². The van der Waals surface area contributed by atoms with Gasteiger partial charge < -0.3 is 4.74 Å². The number of rotatable bonds is 5. The SMILES string of the molecule is O=C(COC(=O)c1ccc(N2C(=O)[C@H]3[C@@H]4CC[C@@H](C4)[C@@H]3C2=O)cc1)c1ccc(Cl)cc1. The van der Waals surface area contributed by atoms with Crippen LogP contribution in [0.4, 0.5) is 5.69 Å². The van der Waals surface area contributed by atoms with Gasteiger partial charge in [0.05, 0.1) is 23.1 Å². The minimum Gasteiger partial charge on any atom is -0.454 e. The lowest BCUT2D eigenvalue weighted by atomic mass is 9.81. The average molecular weight is 438 g/mol. The Morgan fingerprint density at radius 3 is 2.00 bits per heavy atom. The number of hydrogen-bond donors (Lipinski definition) is 0. The maximum absolute atomic E-state index is 12.9. The molecule has 158 valence electrons. The van der Waals surface area contributed by atoms with Crippen LogP contribution in [-0.2, 0) is 14.3 Å². The van der Waals surface area contributed by atoms with Crippen molar-refractivity contribution in [2.24, 2.45) is 23.7 Å². The Morgan fingerprint density at radius 1 is 0.871 bits per heavy atom. The number of ether oxygens (including phenoxy) is 1. The first kappa shape index (κ1) is 19.9. The molecule has 6 nitrogen and oxygen atoms in total. The quantitative estimate of drug-likeness (QED) is 0.402. The number of carbonyl (C=O) groups is 4. The molecule has 3 fully saturated rings. The molecule has 1 heterocycles. The van der Waals surface area contributed by atoms with E-state index in [2.05, 4.69) is 0 Å². The second kappa shape index (κ2) is 7.61. The van der Waals surface area contributed by atoms with Crippen molar-refractivity contribution in [1.82, 2.24) is 0 Å². The van der Waals surface area contributed by atoms with Crippen LogP contribution >= 0.6 is 11.6 Å². The minimum absolute atomic E-state index is 0.119. The molecule has 0 unspecified atom stereocenters. The van der Waals surface area contributed by atoms with Crippen molar-refractivity contribution in [3.63, 3.8) is 0 Å². The number of carbonyl (C=O) groups excluding carboxylic acids is 4. The summed E-state index contributed by atoms with van der Waals surface area (Å²) in [7, 11) is 0. The number of imide groups is 1. The van der Waals surface area contributed by atoms with E-state index in [9.17, 15) is 19.2 Å². The predicted molar refractivity (Wildman–Crippen MR) is 113 cm³/mol. The Balaban J connectivity index is 1.24. The highest BCUT2D eigenvalue weighted by atomic mass is 35.5. The molecule has 31 heavy (non-hydrogen) atoms. The van der Waals surface area contributed by atoms with E-state index in [1.54, 1.807) is 36.4 Å². The van der Waals surface area contributed by atoms with E-state index in [1.165, 1.54) is 17.0 Å². The van der Waals surface area contributed by atoms with Crippen molar-refractivity contribution in [3.05, 3.63) is 64.7 Å². The molecule has 1 aliphatic heterocycles. The van der Waals surface area contributed by atoms with Crippen LogP contribution in [0.25, 0.3) is 0 Å². The Hall–Kier alpha value is -2.99. The number of anilines is 1. The van der Waals surface area contributed by atoms with Crippen molar-refractivity contribution < 1.29 is 23.9 Å². The summed E-state index contributed by atoms with van der Waals surface area (Å²) in [6.45, 7) is -0.391. The van der Waals surface area contributed by atoms with E-state index >= 15 is 0 Å². The number of esters is 1. The van der Waals surface area contributed by atoms with Gasteiger partial charge in [-0.3, -0.25) is 19.3 Å². The van der Waals surface area contributed by atoms with Crippen LogP contribution in [0.2, 0.25) is 5.02 Å². The monoisotopic (exact) mass is 437 g/mol. The molecule has 0 aromatic heterocycles. The summed E-state index contributed by atoms with van der Waals surface area (Å²) in [6, 6.07) is 12.5. The summed E-state index contributed by atoms with van der Waals surface area (Å²) in [5, 5.41) is 0.514. The van der Waals surface area contributed by atoms with Crippen molar-refractivity contribution in [1.29, 1.82) is 0 Å². The summed E-state index contributed by atoms with van der Waals surface area (Å²) < 4.78 is 5.11. The van der Waals surface area contributed by atoms with E-state index < -0.39 is 12.6 Å². The van der Waals surface area contributed by atoms with Gasteiger partial charge in [0.25, 0.3) is 0 Å². The number of fused-ring (bicyclic) bond motifs is 5. The lowest BCUT2D eigenvalue weighted by Crippen LogP contribution is -2.32. The summed E-state index contributed by atoms with van der Waals surface area (Å²) in [6.07, 6.45) is 3.04. The van der Waals surface area contributed by atoms with E-state index in [4.69, 9.17) is 16.3 Å². The molecule has 2 aromatic carbocycles. The molecule has 2 aromatic rings. The van der Waals surface area contributed by atoms with E-state index in [0.717, 1.165) is 19.3 Å². The Bertz CT molecular complexity index is 1050. The third-order valence-corrected chi connectivity index (χ3v) is 7.04. The van der Waals surface area contributed by atoms with Crippen molar-refractivity contribution in [2.75, 3.05) is 11.5 Å². The van der Waals surface area contributed by atoms with Gasteiger partial charge in [-0.1, -0.05) is 11.6 Å². The second-order valence-electron chi connectivity index (χ2n) is 8.45. The molecule has 5 rings (SSSR count). The number of ketones is 1. The summed E-state index contributed by atoms with van der Waals surface area (Å²) in [4.78, 5) is 51.5. The van der Waals surface area contributed by atoms with Crippen LogP contribution in [0.3, 0.4) is 0 Å². The molecule has 2 amide bonds. The third-order valence-electron chi connectivity index (χ3n) is 6.79. The Kier molecular flexibility index (Phi) is 4.89. The molecule has 2 bridgehead atoms. The number of benzene rings is 2. The number of nitrogens with zero attached hydrogens (tertiary/aromatic N) is 1. The highest BCUT2D eigenvalue weighted by Crippen LogP contribution is 2.56. The number of amides is 2. The molecule has 7 heteroatoms. The normalized spacial score (nSPS) is 26.3. The van der Waals surface area contributed by atoms with Gasteiger partial charge >= 0.3 is 5.97 Å². The van der Waals surface area contributed by atoms with Crippen LogP contribution in [0.15, 0.2) is 48.5 Å². The van der Waals surface area contributed by atoms with E-state index in [-0.39, 0.29) is 35.0 Å². The van der Waals surface area contributed by atoms with Crippen LogP contribution in [0.5, 0.6) is 0 Å². The van der Waals surface area contributed by atoms with Crippen molar-refractivity contribution in [3.8, 4) is 0 Å². The molecule has 4 atom stereocenters. The average Bonchev–Trinajstić information content (AvgIpc) is 3.46. The zero-order valence-electron chi connectivity index (χ0n) is 16.6. The fourth-order valence-electron chi connectivity index (χ4n) is 5.34. The smallest absolute Gasteiger partial charge is 0.338 e. The fourth-order valence-corrected chi connectivity index (χ4v) is 5.47. The lowest BCUT2D eigenvalue weighted by molar-refractivity contribution is -0.123. The molecule has 2 aliphatic carbocycles. The number of hydrogen-bond acceptors (Lipinski definition) is 5. The molecular formula is C24H20ClNO5. The first-order valence-electron chi connectivity index (χ1n) is 10.4. The van der Waals surface area contributed by atoms with Crippen LogP contribution < -0.4 is 4.90 Å². The molecule has 3 aliphatic rings. The van der Waals surface area contributed by atoms with E-state index in [1.807, 2.05) is 0 Å². The summed E-state index contributed by atoms with van der Waals surface area (Å²) in [5.74, 6) is -0.951. The molecule has 0 radical (unpaired) electrons. The minimum atomic E-state index is -0.650.